The number of nitrogens with one attached hydrogen (secondary N) is 2. The van der Waals surface area contributed by atoms with Crippen molar-refractivity contribution < 1.29 is 14.4 Å². The second kappa shape index (κ2) is 6.47. The predicted octanol–water partition coefficient (Wildman–Crippen LogP) is 2.23. The highest BCUT2D eigenvalue weighted by Crippen LogP contribution is 2.31. The Hall–Kier alpha value is -2.63. The summed E-state index contributed by atoms with van der Waals surface area (Å²) in [6.45, 7) is 1.83. The van der Waals surface area contributed by atoms with Gasteiger partial charge in [0, 0.05) is 6.42 Å². The number of carbonyl (C=O) groups is 3. The molecule has 1 heterocycles. The molecule has 0 saturated carbocycles. The maximum absolute atomic E-state index is 12.9. The number of hydrogen-bond donors (Lipinski definition) is 2. The van der Waals surface area contributed by atoms with Crippen molar-refractivity contribution in [1.82, 2.24) is 15.8 Å². The molecule has 126 valence electrons. The molecule has 4 amide bonds. The number of hydrogen-bond acceptors (Lipinski definition) is 3. The lowest BCUT2D eigenvalue weighted by Gasteiger charge is -2.25. The van der Waals surface area contributed by atoms with Crippen molar-refractivity contribution in [2.24, 2.45) is 5.92 Å². The molecule has 1 fully saturated rings. The summed E-state index contributed by atoms with van der Waals surface area (Å²) in [4.78, 5) is 37.3. The number of rotatable bonds is 5. The molecule has 1 aliphatic carbocycles. The Morgan fingerprint density at radius 2 is 2.08 bits per heavy atom. The average Bonchev–Trinajstić information content (AvgIpc) is 3.18. The number of benzene rings is 1. The topological polar surface area (TPSA) is 78.5 Å². The van der Waals surface area contributed by atoms with Crippen LogP contribution in [0.1, 0.15) is 38.2 Å². The quantitative estimate of drug-likeness (QED) is 0.643. The Morgan fingerprint density at radius 3 is 2.71 bits per heavy atom. The number of allylic oxidation sites excluding steroid dienone is 2. The van der Waals surface area contributed by atoms with Crippen LogP contribution in [-0.4, -0.2) is 22.9 Å². The van der Waals surface area contributed by atoms with Gasteiger partial charge in [-0.2, -0.15) is 5.01 Å². The Bertz CT molecular complexity index is 686. The minimum atomic E-state index is -1.13. The Balaban J connectivity index is 1.75. The van der Waals surface area contributed by atoms with Crippen LogP contribution in [0, 0.1) is 5.92 Å². The summed E-state index contributed by atoms with van der Waals surface area (Å²) in [7, 11) is 0. The first kappa shape index (κ1) is 16.2. The first-order valence-electron chi connectivity index (χ1n) is 8.25. The summed E-state index contributed by atoms with van der Waals surface area (Å²) in [5.41, 5.74) is 2.05. The molecule has 2 aliphatic rings. The van der Waals surface area contributed by atoms with Gasteiger partial charge in [0.25, 0.3) is 5.91 Å². The van der Waals surface area contributed by atoms with Crippen LogP contribution in [0.5, 0.6) is 0 Å². The average molecular weight is 327 g/mol. The maximum Gasteiger partial charge on any atom is 0.344 e. The van der Waals surface area contributed by atoms with Gasteiger partial charge in [0.1, 0.15) is 5.54 Å². The lowest BCUT2D eigenvalue weighted by atomic mass is 9.87. The zero-order valence-electron chi connectivity index (χ0n) is 13.6. The van der Waals surface area contributed by atoms with Crippen molar-refractivity contribution in [3.05, 3.63) is 48.0 Å². The van der Waals surface area contributed by atoms with E-state index in [-0.39, 0.29) is 18.2 Å². The lowest BCUT2D eigenvalue weighted by molar-refractivity contribution is -0.139. The highest BCUT2D eigenvalue weighted by molar-refractivity contribution is 6.08. The summed E-state index contributed by atoms with van der Waals surface area (Å²) in [5.74, 6) is -0.595. The van der Waals surface area contributed by atoms with Crippen LogP contribution in [0.15, 0.2) is 42.5 Å². The van der Waals surface area contributed by atoms with Crippen LogP contribution in [0.3, 0.4) is 0 Å². The molecule has 6 nitrogen and oxygen atoms in total. The fraction of sp³-hybridized carbons (Fsp3) is 0.389. The van der Waals surface area contributed by atoms with Gasteiger partial charge in [-0.3, -0.25) is 15.0 Å². The van der Waals surface area contributed by atoms with E-state index in [2.05, 4.69) is 10.7 Å². The van der Waals surface area contributed by atoms with E-state index in [1.165, 1.54) is 0 Å². The van der Waals surface area contributed by atoms with Crippen LogP contribution in [0.4, 0.5) is 4.79 Å². The first-order valence-corrected chi connectivity index (χ1v) is 8.25. The van der Waals surface area contributed by atoms with Gasteiger partial charge in [0.2, 0.25) is 5.91 Å². The number of carbonyl (C=O) groups excluding carboxylic acids is 3. The third-order valence-electron chi connectivity index (χ3n) is 4.68. The van der Waals surface area contributed by atoms with E-state index in [1.54, 1.807) is 12.1 Å². The van der Waals surface area contributed by atoms with Gasteiger partial charge >= 0.3 is 6.03 Å². The van der Waals surface area contributed by atoms with E-state index in [1.807, 2.05) is 37.3 Å². The van der Waals surface area contributed by atoms with Crippen LogP contribution < -0.4 is 10.7 Å². The molecule has 1 aliphatic heterocycles. The minimum absolute atomic E-state index is 0.177. The maximum atomic E-state index is 12.9. The SMILES string of the molecule is CC[C@@]1(c2ccccc2)NC(=O)N(NC(=O)C[C@H]2C=CCC2)C1=O. The molecule has 1 saturated heterocycles. The van der Waals surface area contributed by atoms with Crippen molar-refractivity contribution >= 4 is 17.8 Å². The van der Waals surface area contributed by atoms with E-state index in [0.717, 1.165) is 17.9 Å². The molecule has 1 aromatic rings. The summed E-state index contributed by atoms with van der Waals surface area (Å²) < 4.78 is 0. The summed E-state index contributed by atoms with van der Waals surface area (Å²) in [6, 6.07) is 8.50. The zero-order valence-corrected chi connectivity index (χ0v) is 13.6. The van der Waals surface area contributed by atoms with E-state index in [0.29, 0.717) is 12.0 Å². The molecule has 3 rings (SSSR count). The number of imide groups is 1. The fourth-order valence-corrected chi connectivity index (χ4v) is 3.31. The summed E-state index contributed by atoms with van der Waals surface area (Å²) in [6.07, 6.45) is 6.62. The number of hydrazine groups is 1. The fourth-order valence-electron chi connectivity index (χ4n) is 3.31. The molecule has 0 unspecified atom stereocenters. The molecule has 0 spiro atoms. The lowest BCUT2D eigenvalue weighted by Crippen LogP contribution is -2.48. The Labute approximate surface area is 140 Å². The third-order valence-corrected chi connectivity index (χ3v) is 4.68. The molecule has 6 heteroatoms. The zero-order chi connectivity index (χ0) is 17.2. The van der Waals surface area contributed by atoms with Crippen molar-refractivity contribution in [2.45, 2.75) is 38.1 Å². The van der Waals surface area contributed by atoms with Crippen molar-refractivity contribution in [3.8, 4) is 0 Å². The van der Waals surface area contributed by atoms with Gasteiger partial charge in [-0.25, -0.2) is 4.79 Å². The van der Waals surface area contributed by atoms with Crippen molar-refractivity contribution in [2.75, 3.05) is 0 Å². The van der Waals surface area contributed by atoms with Crippen LogP contribution in [-0.2, 0) is 15.1 Å². The molecule has 0 aromatic heterocycles. The van der Waals surface area contributed by atoms with Crippen LogP contribution in [0.25, 0.3) is 0 Å². The standard InChI is InChI=1S/C18H21N3O3/c1-2-18(14-10-4-3-5-11-14)16(23)21(17(24)19-18)20-15(22)12-13-8-6-7-9-13/h3-6,8,10-11,13H,2,7,9,12H2,1H3,(H,19,24)(H,20,22)/t13-,18-/m0/s1. The Kier molecular flexibility index (Phi) is 4.38. The molecule has 0 radical (unpaired) electrons. The summed E-state index contributed by atoms with van der Waals surface area (Å²) >= 11 is 0. The molecule has 1 aromatic carbocycles. The van der Waals surface area contributed by atoms with E-state index >= 15 is 0 Å². The van der Waals surface area contributed by atoms with Gasteiger partial charge in [-0.05, 0) is 30.7 Å². The van der Waals surface area contributed by atoms with E-state index < -0.39 is 17.5 Å². The highest BCUT2D eigenvalue weighted by Gasteiger charge is 2.52. The first-order chi connectivity index (χ1) is 11.6. The normalized spacial score (nSPS) is 25.9. The molecular weight excluding hydrogens is 306 g/mol. The summed E-state index contributed by atoms with van der Waals surface area (Å²) in [5, 5.41) is 3.56. The highest BCUT2D eigenvalue weighted by atomic mass is 16.2. The van der Waals surface area contributed by atoms with Crippen LogP contribution in [0.2, 0.25) is 0 Å². The van der Waals surface area contributed by atoms with Crippen molar-refractivity contribution in [1.29, 1.82) is 0 Å². The third kappa shape index (κ3) is 2.79. The second-order valence-corrected chi connectivity index (χ2v) is 6.20. The number of urea groups is 1. The van der Waals surface area contributed by atoms with Gasteiger partial charge in [-0.1, -0.05) is 49.4 Å². The molecular formula is C18H21N3O3. The smallest absolute Gasteiger partial charge is 0.318 e. The van der Waals surface area contributed by atoms with Gasteiger partial charge in [0.15, 0.2) is 0 Å². The van der Waals surface area contributed by atoms with Gasteiger partial charge in [-0.15, -0.1) is 0 Å². The minimum Gasteiger partial charge on any atom is -0.318 e. The van der Waals surface area contributed by atoms with E-state index in [9.17, 15) is 14.4 Å². The number of amides is 4. The molecule has 2 atom stereocenters. The predicted molar refractivity (Wildman–Crippen MR) is 88.4 cm³/mol. The molecule has 0 bridgehead atoms. The van der Waals surface area contributed by atoms with Crippen molar-refractivity contribution in [3.63, 3.8) is 0 Å². The largest absolute Gasteiger partial charge is 0.344 e. The second-order valence-electron chi connectivity index (χ2n) is 6.20. The van der Waals surface area contributed by atoms with E-state index in [4.69, 9.17) is 0 Å². The molecule has 24 heavy (non-hydrogen) atoms. The van der Waals surface area contributed by atoms with Gasteiger partial charge in [0.05, 0.1) is 0 Å². The number of nitrogens with zero attached hydrogens (tertiary/aromatic N) is 1. The monoisotopic (exact) mass is 327 g/mol. The molecule has 2 N–H and O–H groups in total. The van der Waals surface area contributed by atoms with Gasteiger partial charge < -0.3 is 5.32 Å². The van der Waals surface area contributed by atoms with Crippen LogP contribution >= 0.6 is 0 Å². The Morgan fingerprint density at radius 1 is 1.33 bits per heavy atom.